The van der Waals surface area contributed by atoms with Crippen LogP contribution in [0.4, 0.5) is 11.4 Å². The molecule has 0 unspecified atom stereocenters. The highest BCUT2D eigenvalue weighted by Crippen LogP contribution is 2.26. The second-order valence-corrected chi connectivity index (χ2v) is 9.55. The zero-order valence-electron chi connectivity index (χ0n) is 20.7. The van der Waals surface area contributed by atoms with Gasteiger partial charge in [-0.25, -0.2) is 4.98 Å². The maximum absolute atomic E-state index is 13.3. The van der Waals surface area contributed by atoms with Crippen molar-refractivity contribution >= 4 is 44.4 Å². The van der Waals surface area contributed by atoms with Crippen molar-refractivity contribution in [2.45, 2.75) is 26.4 Å². The summed E-state index contributed by atoms with van der Waals surface area (Å²) in [5.41, 5.74) is 2.60. The van der Waals surface area contributed by atoms with Crippen LogP contribution in [0.2, 0.25) is 0 Å². The van der Waals surface area contributed by atoms with Gasteiger partial charge in [0.15, 0.2) is 0 Å². The van der Waals surface area contributed by atoms with Crippen molar-refractivity contribution in [3.63, 3.8) is 0 Å². The molecule has 3 aromatic carbocycles. The molecule has 4 aromatic rings. The van der Waals surface area contributed by atoms with E-state index in [0.717, 1.165) is 16.6 Å². The molecule has 0 saturated carbocycles. The van der Waals surface area contributed by atoms with Gasteiger partial charge in [-0.05, 0) is 42.3 Å². The number of aromatic nitrogens is 2. The lowest BCUT2D eigenvalue weighted by Gasteiger charge is -2.16. The van der Waals surface area contributed by atoms with E-state index in [1.165, 1.54) is 16.8 Å². The summed E-state index contributed by atoms with van der Waals surface area (Å²) < 4.78 is 8.20. The van der Waals surface area contributed by atoms with Crippen LogP contribution < -0.4 is 15.2 Å². The molecule has 0 bridgehead atoms. The minimum Gasteiger partial charge on any atom is -0.488 e. The molecule has 10 heteroatoms. The lowest BCUT2D eigenvalue weighted by molar-refractivity contribution is -0.384. The van der Waals surface area contributed by atoms with E-state index < -0.39 is 4.92 Å². The van der Waals surface area contributed by atoms with Crippen molar-refractivity contribution in [3.05, 3.63) is 103 Å². The maximum Gasteiger partial charge on any atom is 0.282 e. The van der Waals surface area contributed by atoms with E-state index in [9.17, 15) is 14.9 Å². The molecule has 1 heterocycles. The van der Waals surface area contributed by atoms with Crippen LogP contribution in [0.15, 0.2) is 75.0 Å². The summed E-state index contributed by atoms with van der Waals surface area (Å²) >= 11 is 3.42. The lowest BCUT2D eigenvalue weighted by Crippen LogP contribution is -2.22. The number of rotatable bonds is 9. The van der Waals surface area contributed by atoms with Gasteiger partial charge in [0.05, 0.1) is 22.0 Å². The van der Waals surface area contributed by atoms with Gasteiger partial charge in [-0.15, -0.1) is 0 Å². The highest BCUT2D eigenvalue weighted by atomic mass is 79.9. The monoisotopic (exact) mass is 563 g/mol. The van der Waals surface area contributed by atoms with Crippen LogP contribution >= 0.6 is 15.9 Å². The molecule has 0 aliphatic rings. The molecule has 0 fully saturated rings. The fraction of sp³-hybridized carbons (Fsp3) is 0.222. The number of hydrogen-bond donors (Lipinski definition) is 0. The van der Waals surface area contributed by atoms with Crippen molar-refractivity contribution in [2.24, 2.45) is 5.10 Å². The summed E-state index contributed by atoms with van der Waals surface area (Å²) in [6, 6.07) is 17.4. The van der Waals surface area contributed by atoms with E-state index in [0.29, 0.717) is 40.0 Å². The molecular weight excluding hydrogens is 538 g/mol. The topological polar surface area (TPSA) is 103 Å². The van der Waals surface area contributed by atoms with Crippen LogP contribution in [-0.2, 0) is 13.0 Å². The number of nitrogens with zero attached hydrogens (tertiary/aromatic N) is 5. The molecule has 0 saturated heterocycles. The molecule has 1 aromatic heterocycles. The minimum absolute atomic E-state index is 0.00296. The fourth-order valence-corrected chi connectivity index (χ4v) is 4.13. The summed E-state index contributed by atoms with van der Waals surface area (Å²) in [7, 11) is 3.84. The molecule has 9 nitrogen and oxygen atoms in total. The second kappa shape index (κ2) is 11.3. The minimum atomic E-state index is -0.435. The van der Waals surface area contributed by atoms with E-state index >= 15 is 0 Å². The Balaban J connectivity index is 1.72. The van der Waals surface area contributed by atoms with Gasteiger partial charge in [-0.3, -0.25) is 14.9 Å². The van der Waals surface area contributed by atoms with E-state index in [1.807, 2.05) is 56.3 Å². The Morgan fingerprint density at radius 3 is 2.70 bits per heavy atom. The van der Waals surface area contributed by atoms with Gasteiger partial charge < -0.3 is 9.64 Å². The smallest absolute Gasteiger partial charge is 0.282 e. The molecular formula is C27H26BrN5O4. The van der Waals surface area contributed by atoms with E-state index in [1.54, 1.807) is 24.4 Å². The van der Waals surface area contributed by atoms with Gasteiger partial charge in [-0.2, -0.15) is 9.78 Å². The zero-order valence-corrected chi connectivity index (χ0v) is 22.3. The number of fused-ring (bicyclic) bond motifs is 1. The number of nitro groups is 1. The number of non-ortho nitro benzene ring substituents is 1. The number of halogens is 1. The van der Waals surface area contributed by atoms with E-state index in [4.69, 9.17) is 4.74 Å². The normalized spacial score (nSPS) is 11.2. The molecule has 0 radical (unpaired) electrons. The van der Waals surface area contributed by atoms with E-state index in [2.05, 4.69) is 26.0 Å². The van der Waals surface area contributed by atoms with Crippen LogP contribution in [0.25, 0.3) is 10.9 Å². The van der Waals surface area contributed by atoms with Gasteiger partial charge in [0.2, 0.25) is 0 Å². The first-order valence-electron chi connectivity index (χ1n) is 11.7. The third kappa shape index (κ3) is 6.03. The van der Waals surface area contributed by atoms with Crippen LogP contribution in [0.1, 0.15) is 30.3 Å². The van der Waals surface area contributed by atoms with Crippen molar-refractivity contribution in [1.82, 2.24) is 9.66 Å². The Morgan fingerprint density at radius 2 is 1.97 bits per heavy atom. The number of hydrogen-bond acceptors (Lipinski definition) is 7. The van der Waals surface area contributed by atoms with Crippen LogP contribution in [0, 0.1) is 10.1 Å². The molecule has 0 aliphatic carbocycles. The number of ether oxygens (including phenoxy) is 1. The summed E-state index contributed by atoms with van der Waals surface area (Å²) in [5.74, 6) is 1.10. The van der Waals surface area contributed by atoms with Crippen molar-refractivity contribution in [3.8, 4) is 5.75 Å². The highest BCUT2D eigenvalue weighted by Gasteiger charge is 2.12. The quantitative estimate of drug-likeness (QED) is 0.150. The summed E-state index contributed by atoms with van der Waals surface area (Å²) in [6.07, 6.45) is 2.97. The molecule has 190 valence electrons. The Kier molecular flexibility index (Phi) is 7.98. The first-order chi connectivity index (χ1) is 17.8. The lowest BCUT2D eigenvalue weighted by atomic mass is 10.1. The third-order valence-corrected chi connectivity index (χ3v) is 6.18. The van der Waals surface area contributed by atoms with E-state index in [-0.39, 0.29) is 17.9 Å². The Labute approximate surface area is 222 Å². The molecule has 0 N–H and O–H groups in total. The Hall–Kier alpha value is -4.05. The number of nitro benzene ring substituents is 1. The van der Waals surface area contributed by atoms with Crippen molar-refractivity contribution in [1.29, 1.82) is 0 Å². The third-order valence-electron chi connectivity index (χ3n) is 5.69. The molecule has 0 atom stereocenters. The molecule has 0 spiro atoms. The average Bonchev–Trinajstić information content (AvgIpc) is 2.88. The summed E-state index contributed by atoms with van der Waals surface area (Å²) in [6.45, 7) is 2.15. The average molecular weight is 564 g/mol. The van der Waals surface area contributed by atoms with Crippen LogP contribution in [0.5, 0.6) is 5.75 Å². The van der Waals surface area contributed by atoms with Crippen molar-refractivity contribution < 1.29 is 9.66 Å². The van der Waals surface area contributed by atoms with Gasteiger partial charge in [0.1, 0.15) is 18.2 Å². The largest absolute Gasteiger partial charge is 0.488 e. The van der Waals surface area contributed by atoms with Crippen LogP contribution in [0.3, 0.4) is 0 Å². The number of benzene rings is 3. The molecule has 37 heavy (non-hydrogen) atoms. The maximum atomic E-state index is 13.3. The molecule has 4 rings (SSSR count). The van der Waals surface area contributed by atoms with Crippen molar-refractivity contribution in [2.75, 3.05) is 19.0 Å². The Bertz CT molecular complexity index is 1550. The molecule has 0 aliphatic heterocycles. The second-order valence-electron chi connectivity index (χ2n) is 8.63. The predicted octanol–water partition coefficient (Wildman–Crippen LogP) is 5.55. The van der Waals surface area contributed by atoms with Gasteiger partial charge in [0.25, 0.3) is 11.2 Å². The predicted molar refractivity (Wildman–Crippen MR) is 149 cm³/mol. The van der Waals surface area contributed by atoms with Gasteiger partial charge >= 0.3 is 0 Å². The first kappa shape index (κ1) is 26.0. The standard InChI is InChI=1S/C27H26BrN5O4/c1-4-6-26-30-24-12-10-20(28)14-23(24)27(34)32(26)29-16-19-9-11-21(31(2)3)15-25(19)37-17-18-7-5-8-22(13-18)33(35)36/h5,7-16H,4,6,17H2,1-3H3. The number of anilines is 1. The Morgan fingerprint density at radius 1 is 1.16 bits per heavy atom. The van der Waals surface area contributed by atoms with Gasteiger partial charge in [-0.1, -0.05) is 35.0 Å². The highest BCUT2D eigenvalue weighted by molar-refractivity contribution is 9.10. The molecule has 0 amide bonds. The zero-order chi connectivity index (χ0) is 26.5. The SMILES string of the molecule is CCCc1nc2ccc(Br)cc2c(=O)n1N=Cc1ccc(N(C)C)cc1OCc1cccc([N+](=O)[O-])c1. The number of aryl methyl sites for hydroxylation is 1. The fourth-order valence-electron chi connectivity index (χ4n) is 3.77. The van der Waals surface area contributed by atoms with Crippen LogP contribution in [-0.4, -0.2) is 34.9 Å². The first-order valence-corrected chi connectivity index (χ1v) is 12.5. The summed E-state index contributed by atoms with van der Waals surface area (Å²) in [4.78, 5) is 30.6. The summed E-state index contributed by atoms with van der Waals surface area (Å²) in [5, 5.41) is 16.1. The van der Waals surface area contributed by atoms with Gasteiger partial charge in [0, 0.05) is 54.4 Å².